The highest BCUT2D eigenvalue weighted by molar-refractivity contribution is 8.14. The summed E-state index contributed by atoms with van der Waals surface area (Å²) in [7, 11) is 1.70. The Morgan fingerprint density at radius 1 is 1.05 bits per heavy atom. The summed E-state index contributed by atoms with van der Waals surface area (Å²) in [6.07, 6.45) is 0. The van der Waals surface area contributed by atoms with Crippen LogP contribution in [0.5, 0.6) is 0 Å². The largest absolute Gasteiger partial charge is 0.379 e. The zero-order valence-electron chi connectivity index (χ0n) is 10.6. The molecule has 19 heavy (non-hydrogen) atoms. The Balaban J connectivity index is 2.37. The minimum Gasteiger partial charge on any atom is -0.379 e. The topological polar surface area (TPSA) is 38.4 Å². The van der Waals surface area contributed by atoms with Gasteiger partial charge >= 0.3 is 0 Å². The second-order valence-corrected chi connectivity index (χ2v) is 5.58. The van der Waals surface area contributed by atoms with Crippen molar-refractivity contribution in [3.63, 3.8) is 0 Å². The standard InChI is InChI=1S/C15H15ClN2S/c1-18-15(17)19-14(11-5-3-2-4-6-11)12-7-9-13(16)10-8-12/h2-10,14H,1H3,(H2,17,18)/t14-/m0/s1. The molecule has 0 saturated heterocycles. The van der Waals surface area contributed by atoms with Crippen molar-refractivity contribution in [2.75, 3.05) is 7.05 Å². The second kappa shape index (κ2) is 6.64. The molecule has 2 nitrogen and oxygen atoms in total. The van der Waals surface area contributed by atoms with Gasteiger partial charge in [0.05, 0.1) is 5.25 Å². The lowest BCUT2D eigenvalue weighted by molar-refractivity contribution is 1.16. The molecule has 0 fully saturated rings. The first kappa shape index (κ1) is 14.0. The van der Waals surface area contributed by atoms with Crippen molar-refractivity contribution in [2.24, 2.45) is 10.7 Å². The molecule has 0 unspecified atom stereocenters. The number of hydrogen-bond acceptors (Lipinski definition) is 2. The summed E-state index contributed by atoms with van der Waals surface area (Å²) < 4.78 is 0. The first-order valence-electron chi connectivity index (χ1n) is 5.90. The first-order chi connectivity index (χ1) is 9.20. The van der Waals surface area contributed by atoms with Crippen molar-refractivity contribution in [3.05, 3.63) is 70.7 Å². The highest BCUT2D eigenvalue weighted by atomic mass is 35.5. The van der Waals surface area contributed by atoms with Crippen LogP contribution in [0, 0.1) is 0 Å². The van der Waals surface area contributed by atoms with Crippen LogP contribution in [-0.4, -0.2) is 12.2 Å². The van der Waals surface area contributed by atoms with Gasteiger partial charge in [-0.15, -0.1) is 0 Å². The molecule has 0 bridgehead atoms. The molecule has 0 spiro atoms. The van der Waals surface area contributed by atoms with Crippen molar-refractivity contribution in [1.82, 2.24) is 0 Å². The Morgan fingerprint density at radius 3 is 2.21 bits per heavy atom. The smallest absolute Gasteiger partial charge is 0.154 e. The van der Waals surface area contributed by atoms with Gasteiger partial charge in [-0.1, -0.05) is 65.8 Å². The summed E-state index contributed by atoms with van der Waals surface area (Å²) in [5.74, 6) is 0. The summed E-state index contributed by atoms with van der Waals surface area (Å²) in [5, 5.41) is 1.43. The van der Waals surface area contributed by atoms with E-state index in [1.807, 2.05) is 42.5 Å². The van der Waals surface area contributed by atoms with Crippen molar-refractivity contribution >= 4 is 28.5 Å². The third kappa shape index (κ3) is 3.75. The summed E-state index contributed by atoms with van der Waals surface area (Å²) in [6, 6.07) is 18.1. The lowest BCUT2D eigenvalue weighted by atomic mass is 10.0. The Kier molecular flexibility index (Phi) is 4.88. The van der Waals surface area contributed by atoms with Gasteiger partial charge in [0.1, 0.15) is 0 Å². The van der Waals surface area contributed by atoms with E-state index in [-0.39, 0.29) is 5.25 Å². The van der Waals surface area contributed by atoms with Crippen molar-refractivity contribution in [3.8, 4) is 0 Å². The molecule has 2 rings (SSSR count). The normalized spacial score (nSPS) is 13.3. The minimum absolute atomic E-state index is 0.127. The summed E-state index contributed by atoms with van der Waals surface area (Å²) in [4.78, 5) is 4.03. The maximum atomic E-state index is 5.94. The second-order valence-electron chi connectivity index (χ2n) is 4.02. The molecule has 2 aromatic carbocycles. The van der Waals surface area contributed by atoms with E-state index in [1.165, 1.54) is 5.56 Å². The lowest BCUT2D eigenvalue weighted by Crippen LogP contribution is -2.10. The molecule has 4 heteroatoms. The van der Waals surface area contributed by atoms with E-state index in [2.05, 4.69) is 17.1 Å². The fourth-order valence-corrected chi connectivity index (χ4v) is 2.83. The SMILES string of the molecule is CN=C(N)S[C@@H](c1ccccc1)c1ccc(Cl)cc1. The average Bonchev–Trinajstić information content (AvgIpc) is 2.46. The maximum absolute atomic E-state index is 5.94. The van der Waals surface area contributed by atoms with Gasteiger partial charge < -0.3 is 5.73 Å². The predicted molar refractivity (Wildman–Crippen MR) is 84.9 cm³/mol. The van der Waals surface area contributed by atoms with E-state index in [1.54, 1.807) is 18.8 Å². The quantitative estimate of drug-likeness (QED) is 0.682. The number of halogens is 1. The van der Waals surface area contributed by atoms with Gasteiger partial charge in [-0.05, 0) is 23.3 Å². The van der Waals surface area contributed by atoms with E-state index in [0.29, 0.717) is 5.17 Å². The van der Waals surface area contributed by atoms with Crippen LogP contribution in [0.1, 0.15) is 16.4 Å². The Labute approximate surface area is 122 Å². The zero-order chi connectivity index (χ0) is 13.7. The number of benzene rings is 2. The number of thioether (sulfide) groups is 1. The minimum atomic E-state index is 0.127. The third-order valence-electron chi connectivity index (χ3n) is 2.73. The van der Waals surface area contributed by atoms with Gasteiger partial charge in [-0.3, -0.25) is 4.99 Å². The van der Waals surface area contributed by atoms with E-state index in [9.17, 15) is 0 Å². The number of aliphatic imine (C=N–C) groups is 1. The Bertz CT molecular complexity index is 552. The molecule has 2 N–H and O–H groups in total. The van der Waals surface area contributed by atoms with Gasteiger partial charge in [0, 0.05) is 12.1 Å². The van der Waals surface area contributed by atoms with Crippen LogP contribution in [0.4, 0.5) is 0 Å². The number of nitrogens with two attached hydrogens (primary N) is 1. The van der Waals surface area contributed by atoms with Crippen molar-refractivity contribution in [1.29, 1.82) is 0 Å². The maximum Gasteiger partial charge on any atom is 0.154 e. The average molecular weight is 291 g/mol. The van der Waals surface area contributed by atoms with Crippen LogP contribution in [0.2, 0.25) is 5.02 Å². The van der Waals surface area contributed by atoms with Crippen LogP contribution in [-0.2, 0) is 0 Å². The predicted octanol–water partition coefficient (Wildman–Crippen LogP) is 4.11. The van der Waals surface area contributed by atoms with E-state index < -0.39 is 0 Å². The van der Waals surface area contributed by atoms with Crippen LogP contribution in [0.3, 0.4) is 0 Å². The van der Waals surface area contributed by atoms with Crippen LogP contribution < -0.4 is 5.73 Å². The van der Waals surface area contributed by atoms with E-state index in [0.717, 1.165) is 10.6 Å². The highest BCUT2D eigenvalue weighted by Crippen LogP contribution is 2.35. The first-order valence-corrected chi connectivity index (χ1v) is 7.16. The fraction of sp³-hybridized carbons (Fsp3) is 0.133. The van der Waals surface area contributed by atoms with E-state index >= 15 is 0 Å². The zero-order valence-corrected chi connectivity index (χ0v) is 12.2. The fourth-order valence-electron chi connectivity index (χ4n) is 1.77. The molecule has 0 aliphatic heterocycles. The third-order valence-corrected chi connectivity index (χ3v) is 4.19. The molecule has 1 atom stereocenters. The number of amidine groups is 1. The molecule has 0 amide bonds. The number of hydrogen-bond donors (Lipinski definition) is 1. The molecule has 2 aromatic rings. The van der Waals surface area contributed by atoms with Crippen molar-refractivity contribution < 1.29 is 0 Å². The van der Waals surface area contributed by atoms with Crippen molar-refractivity contribution in [2.45, 2.75) is 5.25 Å². The molecular formula is C15H15ClN2S. The number of rotatable bonds is 3. The van der Waals surface area contributed by atoms with E-state index in [4.69, 9.17) is 17.3 Å². The molecule has 0 heterocycles. The van der Waals surface area contributed by atoms with Gasteiger partial charge in [0.2, 0.25) is 0 Å². The summed E-state index contributed by atoms with van der Waals surface area (Å²) in [5.41, 5.74) is 8.22. The Morgan fingerprint density at radius 2 is 1.63 bits per heavy atom. The monoisotopic (exact) mass is 290 g/mol. The number of nitrogens with zero attached hydrogens (tertiary/aromatic N) is 1. The summed E-state index contributed by atoms with van der Waals surface area (Å²) >= 11 is 7.48. The van der Waals surface area contributed by atoms with Gasteiger partial charge in [0.25, 0.3) is 0 Å². The molecule has 98 valence electrons. The summed E-state index contributed by atoms with van der Waals surface area (Å²) in [6.45, 7) is 0. The van der Waals surface area contributed by atoms with Gasteiger partial charge in [0.15, 0.2) is 5.17 Å². The molecule has 0 radical (unpaired) electrons. The molecule has 0 aliphatic rings. The van der Waals surface area contributed by atoms with Crippen LogP contribution in [0.25, 0.3) is 0 Å². The van der Waals surface area contributed by atoms with Crippen LogP contribution in [0.15, 0.2) is 59.6 Å². The highest BCUT2D eigenvalue weighted by Gasteiger charge is 2.16. The molecular weight excluding hydrogens is 276 g/mol. The van der Waals surface area contributed by atoms with Crippen LogP contribution >= 0.6 is 23.4 Å². The van der Waals surface area contributed by atoms with Gasteiger partial charge in [-0.2, -0.15) is 0 Å². The lowest BCUT2D eigenvalue weighted by Gasteiger charge is -2.17. The molecule has 0 saturated carbocycles. The molecule has 0 aromatic heterocycles. The Hall–Kier alpha value is -1.45. The molecule has 0 aliphatic carbocycles. The van der Waals surface area contributed by atoms with Gasteiger partial charge in [-0.25, -0.2) is 0 Å².